The fourth-order valence-electron chi connectivity index (χ4n) is 3.74. The molecule has 0 aliphatic heterocycles. The van der Waals surface area contributed by atoms with E-state index in [4.69, 9.17) is 0 Å². The van der Waals surface area contributed by atoms with Gasteiger partial charge in [-0.25, -0.2) is 8.42 Å². The molecule has 2 atom stereocenters. The van der Waals surface area contributed by atoms with Crippen molar-refractivity contribution in [2.75, 3.05) is 13.1 Å². The van der Waals surface area contributed by atoms with Gasteiger partial charge >= 0.3 is 0 Å². The van der Waals surface area contributed by atoms with E-state index in [-0.39, 0.29) is 0 Å². The molecule has 2 aliphatic carbocycles. The first-order valence-electron chi connectivity index (χ1n) is 8.33. The molecule has 2 unspecified atom stereocenters. The zero-order chi connectivity index (χ0) is 16.5. The van der Waals surface area contributed by atoms with Crippen molar-refractivity contribution in [3.05, 3.63) is 54.6 Å². The fraction of sp³-hybridized carbons (Fsp3) is 0.474. The van der Waals surface area contributed by atoms with Crippen molar-refractivity contribution in [3.63, 3.8) is 0 Å². The number of hydrogen-bond donors (Lipinski definition) is 0. The number of sulfonamides is 1. The highest BCUT2D eigenvalue weighted by Gasteiger charge is 2.54. The number of fused-ring (bicyclic) bond motifs is 1. The van der Waals surface area contributed by atoms with Gasteiger partial charge in [-0.3, -0.25) is 0 Å². The summed E-state index contributed by atoms with van der Waals surface area (Å²) < 4.78 is 27.1. The van der Waals surface area contributed by atoms with Crippen LogP contribution in [0.5, 0.6) is 0 Å². The Bertz CT molecular complexity index is 705. The average Bonchev–Trinajstić information content (AvgIpc) is 3.07. The monoisotopic (exact) mass is 331 g/mol. The van der Waals surface area contributed by atoms with Gasteiger partial charge in [-0.1, -0.05) is 42.3 Å². The molecule has 23 heavy (non-hydrogen) atoms. The second kappa shape index (κ2) is 6.25. The van der Waals surface area contributed by atoms with Crippen LogP contribution >= 0.6 is 0 Å². The summed E-state index contributed by atoms with van der Waals surface area (Å²) in [6, 6.07) is 7.02. The minimum Gasteiger partial charge on any atom is -0.207 e. The summed E-state index contributed by atoms with van der Waals surface area (Å²) in [5, 5.41) is 0. The first kappa shape index (κ1) is 16.5. The van der Waals surface area contributed by atoms with Crippen LogP contribution < -0.4 is 0 Å². The van der Waals surface area contributed by atoms with Gasteiger partial charge in [0.15, 0.2) is 0 Å². The molecule has 0 saturated heterocycles. The Labute approximate surface area is 139 Å². The SMILES string of the molecule is C=CCN(C/C=C/C12CCCC1C2)S(=O)(=O)c1ccc(C)cc1. The molecular weight excluding hydrogens is 306 g/mol. The van der Waals surface area contributed by atoms with Crippen molar-refractivity contribution >= 4 is 10.0 Å². The van der Waals surface area contributed by atoms with E-state index >= 15 is 0 Å². The van der Waals surface area contributed by atoms with E-state index in [1.165, 1.54) is 30.0 Å². The molecule has 0 spiro atoms. The molecule has 0 amide bonds. The number of rotatable bonds is 7. The molecule has 3 rings (SSSR count). The summed E-state index contributed by atoms with van der Waals surface area (Å²) in [5.41, 5.74) is 1.45. The molecule has 0 N–H and O–H groups in total. The second-order valence-corrected chi connectivity index (χ2v) is 8.79. The van der Waals surface area contributed by atoms with Gasteiger partial charge in [0.2, 0.25) is 10.0 Å². The Balaban J connectivity index is 1.73. The van der Waals surface area contributed by atoms with Crippen LogP contribution in [0.4, 0.5) is 0 Å². The number of benzene rings is 1. The summed E-state index contributed by atoms with van der Waals surface area (Å²) in [6.07, 6.45) is 11.2. The first-order valence-corrected chi connectivity index (χ1v) is 9.77. The Morgan fingerprint density at radius 1 is 1.30 bits per heavy atom. The highest BCUT2D eigenvalue weighted by molar-refractivity contribution is 7.89. The van der Waals surface area contributed by atoms with Crippen LogP contribution in [0.15, 0.2) is 54.0 Å². The van der Waals surface area contributed by atoms with E-state index in [9.17, 15) is 8.42 Å². The van der Waals surface area contributed by atoms with Gasteiger partial charge in [0.25, 0.3) is 0 Å². The van der Waals surface area contributed by atoms with E-state index < -0.39 is 10.0 Å². The third-order valence-electron chi connectivity index (χ3n) is 5.22. The Hall–Kier alpha value is -1.39. The van der Waals surface area contributed by atoms with E-state index in [0.29, 0.717) is 23.4 Å². The quantitative estimate of drug-likeness (QED) is 0.710. The summed E-state index contributed by atoms with van der Waals surface area (Å²) in [6.45, 7) is 6.39. The van der Waals surface area contributed by atoms with Crippen LogP contribution in [0.2, 0.25) is 0 Å². The maximum atomic E-state index is 12.8. The van der Waals surface area contributed by atoms with Gasteiger partial charge in [-0.15, -0.1) is 6.58 Å². The van der Waals surface area contributed by atoms with Crippen LogP contribution in [0.25, 0.3) is 0 Å². The Kier molecular flexibility index (Phi) is 4.47. The molecule has 2 saturated carbocycles. The molecule has 2 aliphatic rings. The summed E-state index contributed by atoms with van der Waals surface area (Å²) in [5.74, 6) is 0.848. The maximum absolute atomic E-state index is 12.8. The van der Waals surface area contributed by atoms with Crippen molar-refractivity contribution < 1.29 is 8.42 Å². The average molecular weight is 331 g/mol. The van der Waals surface area contributed by atoms with Gasteiger partial charge in [-0.2, -0.15) is 4.31 Å². The van der Waals surface area contributed by atoms with E-state index in [1.807, 2.05) is 25.1 Å². The highest BCUT2D eigenvalue weighted by Crippen LogP contribution is 2.64. The molecule has 4 heteroatoms. The molecule has 0 heterocycles. The normalized spacial score (nSPS) is 26.6. The van der Waals surface area contributed by atoms with E-state index in [1.54, 1.807) is 18.2 Å². The van der Waals surface area contributed by atoms with Crippen molar-refractivity contribution in [2.24, 2.45) is 11.3 Å². The first-order chi connectivity index (χ1) is 11.0. The minimum atomic E-state index is -3.47. The van der Waals surface area contributed by atoms with Crippen molar-refractivity contribution in [1.29, 1.82) is 0 Å². The standard InChI is InChI=1S/C19H25NO2S/c1-3-13-20(14-5-12-19-11-4-6-17(19)15-19)23(21,22)18-9-7-16(2)8-10-18/h3,5,7-10,12,17H,1,4,6,11,13-15H2,2H3/b12-5+. The lowest BCUT2D eigenvalue weighted by Crippen LogP contribution is -2.31. The van der Waals surface area contributed by atoms with Crippen LogP contribution in [0.3, 0.4) is 0 Å². The van der Waals surface area contributed by atoms with Crippen LogP contribution in [0, 0.1) is 18.3 Å². The van der Waals surface area contributed by atoms with E-state index in [0.717, 1.165) is 11.5 Å². The second-order valence-electron chi connectivity index (χ2n) is 6.85. The molecule has 3 nitrogen and oxygen atoms in total. The van der Waals surface area contributed by atoms with Gasteiger partial charge < -0.3 is 0 Å². The maximum Gasteiger partial charge on any atom is 0.243 e. The molecule has 2 fully saturated rings. The third-order valence-corrected chi connectivity index (χ3v) is 7.07. The summed E-state index contributed by atoms with van der Waals surface area (Å²) in [7, 11) is -3.47. The van der Waals surface area contributed by atoms with Crippen LogP contribution in [-0.2, 0) is 10.0 Å². The lowest BCUT2D eigenvalue weighted by atomic mass is 10.0. The van der Waals surface area contributed by atoms with Crippen LogP contribution in [0.1, 0.15) is 31.2 Å². The molecule has 0 bridgehead atoms. The number of aryl methyl sites for hydroxylation is 1. The third kappa shape index (κ3) is 3.29. The van der Waals surface area contributed by atoms with Gasteiger partial charge in [0, 0.05) is 13.1 Å². The molecule has 0 aromatic heterocycles. The molecular formula is C19H25NO2S. The lowest BCUT2D eigenvalue weighted by Gasteiger charge is -2.19. The minimum absolute atomic E-state index is 0.330. The predicted octanol–water partition coefficient (Wildman–Crippen LogP) is 3.92. The molecule has 0 radical (unpaired) electrons. The molecule has 1 aromatic rings. The van der Waals surface area contributed by atoms with E-state index in [2.05, 4.69) is 12.7 Å². The highest BCUT2D eigenvalue weighted by atomic mass is 32.2. The predicted molar refractivity (Wildman–Crippen MR) is 93.7 cm³/mol. The Morgan fingerprint density at radius 2 is 2.04 bits per heavy atom. The van der Waals surface area contributed by atoms with Crippen molar-refractivity contribution in [1.82, 2.24) is 4.31 Å². The summed E-state index contributed by atoms with van der Waals surface area (Å²) >= 11 is 0. The van der Waals surface area contributed by atoms with Crippen molar-refractivity contribution in [3.8, 4) is 0 Å². The zero-order valence-electron chi connectivity index (χ0n) is 13.7. The van der Waals surface area contributed by atoms with Gasteiger partial charge in [0.1, 0.15) is 0 Å². The largest absolute Gasteiger partial charge is 0.243 e. The number of nitrogens with zero attached hydrogens (tertiary/aromatic N) is 1. The molecule has 124 valence electrons. The van der Waals surface area contributed by atoms with Gasteiger partial charge in [-0.05, 0) is 49.7 Å². The smallest absolute Gasteiger partial charge is 0.207 e. The number of allylic oxidation sites excluding steroid dienone is 1. The fourth-order valence-corrected chi connectivity index (χ4v) is 5.10. The molecule has 1 aromatic carbocycles. The van der Waals surface area contributed by atoms with Gasteiger partial charge in [0.05, 0.1) is 4.90 Å². The Morgan fingerprint density at radius 3 is 2.61 bits per heavy atom. The zero-order valence-corrected chi connectivity index (χ0v) is 14.6. The topological polar surface area (TPSA) is 37.4 Å². The lowest BCUT2D eigenvalue weighted by molar-refractivity contribution is 0.472. The van der Waals surface area contributed by atoms with Crippen LogP contribution in [-0.4, -0.2) is 25.8 Å². The number of hydrogen-bond acceptors (Lipinski definition) is 2. The van der Waals surface area contributed by atoms with Crippen molar-refractivity contribution in [2.45, 2.75) is 37.5 Å². The summed E-state index contributed by atoms with van der Waals surface area (Å²) in [4.78, 5) is 0.349.